The molecule has 0 aliphatic rings. The zero-order valence-corrected chi connectivity index (χ0v) is 10.7. The molecular weight excluding hydrogens is 248 g/mol. The Morgan fingerprint density at radius 2 is 2.17 bits per heavy atom. The molecule has 0 atom stereocenters. The maximum atomic E-state index is 4.50. The van der Waals surface area contributed by atoms with Crippen molar-refractivity contribution in [2.24, 2.45) is 0 Å². The number of imidazole rings is 1. The van der Waals surface area contributed by atoms with E-state index in [9.17, 15) is 0 Å². The van der Waals surface area contributed by atoms with Gasteiger partial charge in [-0.1, -0.05) is 11.3 Å². The third kappa shape index (κ3) is 2.30. The maximum absolute atomic E-state index is 4.50. The molecule has 0 aliphatic heterocycles. The molecule has 0 aliphatic carbocycles. The van der Waals surface area contributed by atoms with Gasteiger partial charge in [0.2, 0.25) is 10.9 Å². The fourth-order valence-electron chi connectivity index (χ4n) is 1.66. The zero-order chi connectivity index (χ0) is 12.4. The van der Waals surface area contributed by atoms with Crippen LogP contribution in [0.5, 0.6) is 0 Å². The van der Waals surface area contributed by atoms with Crippen molar-refractivity contribution < 1.29 is 0 Å². The summed E-state index contributed by atoms with van der Waals surface area (Å²) in [6.07, 6.45) is 6.23. The van der Waals surface area contributed by atoms with Crippen LogP contribution in [0.15, 0.2) is 24.7 Å². The molecule has 0 bridgehead atoms. The van der Waals surface area contributed by atoms with E-state index in [-0.39, 0.29) is 0 Å². The zero-order valence-electron chi connectivity index (χ0n) is 9.87. The van der Waals surface area contributed by atoms with E-state index in [2.05, 4.69) is 25.4 Å². The Hall–Kier alpha value is -2.02. The van der Waals surface area contributed by atoms with Crippen molar-refractivity contribution in [2.45, 2.75) is 13.3 Å². The minimum absolute atomic E-state index is 0.646. The smallest absolute Gasteiger partial charge is 0.222 e. The molecule has 0 fully saturated rings. The number of nitrogens with zero attached hydrogens (tertiary/aromatic N) is 5. The number of rotatable bonds is 4. The number of nitrogens with one attached hydrogen (secondary N) is 1. The molecule has 6 nitrogen and oxygen atoms in total. The van der Waals surface area contributed by atoms with Crippen molar-refractivity contribution >= 4 is 22.2 Å². The number of hydrogen-bond acceptors (Lipinski definition) is 6. The Balaban J connectivity index is 1.61. The second-order valence-electron chi connectivity index (χ2n) is 3.83. The van der Waals surface area contributed by atoms with Crippen molar-refractivity contribution in [1.29, 1.82) is 0 Å². The fourth-order valence-corrected chi connectivity index (χ4v) is 2.40. The van der Waals surface area contributed by atoms with Crippen LogP contribution in [-0.2, 0) is 6.42 Å². The minimum Gasteiger partial charge on any atom is -0.354 e. The lowest BCUT2D eigenvalue weighted by Crippen LogP contribution is -2.07. The summed E-state index contributed by atoms with van der Waals surface area (Å²) in [4.78, 5) is 13.6. The highest BCUT2D eigenvalue weighted by atomic mass is 32.1. The molecule has 3 aromatic heterocycles. The first-order valence-electron chi connectivity index (χ1n) is 5.64. The van der Waals surface area contributed by atoms with Crippen molar-refractivity contribution in [3.05, 3.63) is 35.4 Å². The lowest BCUT2D eigenvalue weighted by atomic mass is 10.3. The van der Waals surface area contributed by atoms with Gasteiger partial charge in [-0.15, -0.1) is 0 Å². The van der Waals surface area contributed by atoms with Gasteiger partial charge in [-0.25, -0.2) is 19.5 Å². The molecule has 7 heteroatoms. The molecule has 92 valence electrons. The number of hydrogen-bond donors (Lipinski definition) is 1. The average molecular weight is 260 g/mol. The first-order chi connectivity index (χ1) is 8.81. The highest BCUT2D eigenvalue weighted by Crippen LogP contribution is 2.13. The first-order valence-corrected chi connectivity index (χ1v) is 6.45. The summed E-state index contributed by atoms with van der Waals surface area (Å²) in [6.45, 7) is 2.74. The van der Waals surface area contributed by atoms with E-state index in [1.54, 1.807) is 29.8 Å². The lowest BCUT2D eigenvalue weighted by Gasteiger charge is -2.01. The lowest BCUT2D eigenvalue weighted by molar-refractivity contribution is 0.923. The molecule has 1 N–H and O–H groups in total. The molecule has 0 radical (unpaired) electrons. The summed E-state index contributed by atoms with van der Waals surface area (Å²) in [6, 6.07) is 1.79. The van der Waals surface area contributed by atoms with E-state index >= 15 is 0 Å². The fraction of sp³-hybridized carbons (Fsp3) is 0.273. The van der Waals surface area contributed by atoms with E-state index in [1.165, 1.54) is 0 Å². The van der Waals surface area contributed by atoms with E-state index in [1.807, 2.05) is 17.6 Å². The van der Waals surface area contributed by atoms with Gasteiger partial charge in [-0.2, -0.15) is 5.10 Å². The van der Waals surface area contributed by atoms with Gasteiger partial charge in [0.15, 0.2) is 0 Å². The predicted molar refractivity (Wildman–Crippen MR) is 69.8 cm³/mol. The number of anilines is 1. The van der Waals surface area contributed by atoms with Gasteiger partial charge in [0.1, 0.15) is 5.01 Å². The van der Waals surface area contributed by atoms with Crippen molar-refractivity contribution in [1.82, 2.24) is 24.6 Å². The summed E-state index contributed by atoms with van der Waals surface area (Å²) in [5.74, 6) is 0.646. The van der Waals surface area contributed by atoms with Crippen molar-refractivity contribution in [3.63, 3.8) is 0 Å². The van der Waals surface area contributed by atoms with Crippen LogP contribution in [-0.4, -0.2) is 31.1 Å². The molecule has 3 rings (SSSR count). The summed E-state index contributed by atoms with van der Waals surface area (Å²) in [5.41, 5.74) is 1.03. The molecule has 0 unspecified atom stereocenters. The van der Waals surface area contributed by atoms with Crippen molar-refractivity contribution in [3.8, 4) is 0 Å². The molecule has 0 amide bonds. The van der Waals surface area contributed by atoms with Gasteiger partial charge in [0.05, 0.1) is 11.9 Å². The second kappa shape index (κ2) is 4.69. The van der Waals surface area contributed by atoms with Crippen LogP contribution >= 0.6 is 11.3 Å². The van der Waals surface area contributed by atoms with E-state index in [0.717, 1.165) is 28.6 Å². The van der Waals surface area contributed by atoms with Crippen LogP contribution in [0.1, 0.15) is 10.7 Å². The third-order valence-corrected chi connectivity index (χ3v) is 3.26. The molecular formula is C11H12N6S. The third-order valence-electron chi connectivity index (χ3n) is 2.42. The van der Waals surface area contributed by atoms with Crippen LogP contribution in [0.3, 0.4) is 0 Å². The van der Waals surface area contributed by atoms with Gasteiger partial charge < -0.3 is 5.32 Å². The topological polar surface area (TPSA) is 68.0 Å². The average Bonchev–Trinajstić information content (AvgIpc) is 2.87. The largest absolute Gasteiger partial charge is 0.354 e. The number of aromatic nitrogens is 5. The molecule has 18 heavy (non-hydrogen) atoms. The maximum Gasteiger partial charge on any atom is 0.222 e. The Labute approximate surface area is 108 Å². The Morgan fingerprint density at radius 1 is 1.33 bits per heavy atom. The quantitative estimate of drug-likeness (QED) is 0.770. The summed E-state index contributed by atoms with van der Waals surface area (Å²) in [7, 11) is 0. The Bertz CT molecular complexity index is 612. The van der Waals surface area contributed by atoms with Crippen LogP contribution < -0.4 is 5.32 Å². The molecule has 0 spiro atoms. The van der Waals surface area contributed by atoms with E-state index in [4.69, 9.17) is 0 Å². The van der Waals surface area contributed by atoms with Crippen LogP contribution in [0.25, 0.3) is 4.96 Å². The first kappa shape index (κ1) is 11.1. The minimum atomic E-state index is 0.646. The molecule has 0 saturated heterocycles. The summed E-state index contributed by atoms with van der Waals surface area (Å²) in [5, 5.41) is 8.51. The van der Waals surface area contributed by atoms with Crippen LogP contribution in [0.2, 0.25) is 0 Å². The van der Waals surface area contributed by atoms with E-state index < -0.39 is 0 Å². The van der Waals surface area contributed by atoms with Gasteiger partial charge >= 0.3 is 0 Å². The molecule has 3 aromatic rings. The highest BCUT2D eigenvalue weighted by Gasteiger charge is 2.05. The van der Waals surface area contributed by atoms with Crippen LogP contribution in [0, 0.1) is 6.92 Å². The van der Waals surface area contributed by atoms with Gasteiger partial charge in [0, 0.05) is 25.4 Å². The standard InChI is InChI=1S/C11H12N6S/c1-8-16-17-7-9(15-11(17)18-8)3-6-14-10-12-4-2-5-13-10/h2,4-5,7H,3,6H2,1H3,(H,12,13,14). The Morgan fingerprint density at radius 3 is 2.94 bits per heavy atom. The normalized spacial score (nSPS) is 10.9. The van der Waals surface area contributed by atoms with Gasteiger partial charge in [0.25, 0.3) is 0 Å². The Kier molecular flexibility index (Phi) is 2.89. The van der Waals surface area contributed by atoms with Gasteiger partial charge in [-0.3, -0.25) is 0 Å². The molecule has 0 aromatic carbocycles. The molecule has 0 saturated carbocycles. The number of aryl methyl sites for hydroxylation is 1. The predicted octanol–water partition coefficient (Wildman–Crippen LogP) is 1.54. The number of fused-ring (bicyclic) bond motifs is 1. The molecule has 3 heterocycles. The summed E-state index contributed by atoms with van der Waals surface area (Å²) >= 11 is 1.60. The van der Waals surface area contributed by atoms with E-state index in [0.29, 0.717) is 5.95 Å². The second-order valence-corrected chi connectivity index (χ2v) is 4.99. The monoisotopic (exact) mass is 260 g/mol. The van der Waals surface area contributed by atoms with Crippen molar-refractivity contribution in [2.75, 3.05) is 11.9 Å². The van der Waals surface area contributed by atoms with Gasteiger partial charge in [-0.05, 0) is 13.0 Å². The summed E-state index contributed by atoms with van der Waals surface area (Å²) < 4.78 is 1.83. The highest BCUT2D eigenvalue weighted by molar-refractivity contribution is 7.16. The SMILES string of the molecule is Cc1nn2cc(CCNc3ncccn3)nc2s1. The van der Waals surface area contributed by atoms with Crippen LogP contribution in [0.4, 0.5) is 5.95 Å².